The van der Waals surface area contributed by atoms with Crippen LogP contribution in [0.4, 0.5) is 23.4 Å². The van der Waals surface area contributed by atoms with Crippen LogP contribution in [0.3, 0.4) is 0 Å². The average Bonchev–Trinajstić information content (AvgIpc) is 2.75. The Bertz CT molecular complexity index is 1270. The number of hydrogen-bond acceptors (Lipinski definition) is 5. The van der Waals surface area contributed by atoms with E-state index in [0.717, 1.165) is 35.4 Å². The summed E-state index contributed by atoms with van der Waals surface area (Å²) in [7, 11) is 1.25. The fourth-order valence-corrected chi connectivity index (χ4v) is 5.84. The highest BCUT2D eigenvalue weighted by Gasteiger charge is 2.76. The zero-order valence-corrected chi connectivity index (χ0v) is 21.1. The largest absolute Gasteiger partial charge is 0.469 e. The Morgan fingerprint density at radius 3 is 2.35 bits per heavy atom. The van der Waals surface area contributed by atoms with E-state index in [1.165, 1.54) is 14.0 Å². The van der Waals surface area contributed by atoms with Crippen LogP contribution >= 0.6 is 23.2 Å². The average molecular weight is 562 g/mol. The number of esters is 1. The Kier molecular flexibility index (Phi) is 6.91. The third-order valence-corrected chi connectivity index (χ3v) is 7.56. The monoisotopic (exact) mass is 561 g/mol. The molecule has 13 heteroatoms. The highest BCUT2D eigenvalue weighted by atomic mass is 35.5. The van der Waals surface area contributed by atoms with Crippen LogP contribution in [0.2, 0.25) is 10.0 Å². The van der Waals surface area contributed by atoms with Crippen molar-refractivity contribution in [1.29, 1.82) is 0 Å². The summed E-state index contributed by atoms with van der Waals surface area (Å²) >= 11 is 11.8. The summed E-state index contributed by atoms with van der Waals surface area (Å²) in [6.07, 6.45) is -2.76. The van der Waals surface area contributed by atoms with Gasteiger partial charge in [0.15, 0.2) is 11.6 Å². The molecule has 7 nitrogen and oxygen atoms in total. The maximum atomic E-state index is 14.4. The van der Waals surface area contributed by atoms with Gasteiger partial charge in [-0.3, -0.25) is 14.4 Å². The van der Waals surface area contributed by atoms with Gasteiger partial charge in [-0.05, 0) is 43.0 Å². The molecule has 1 atom stereocenters. The third-order valence-electron chi connectivity index (χ3n) is 7.00. The summed E-state index contributed by atoms with van der Waals surface area (Å²) in [6, 6.07) is 2.46. The van der Waals surface area contributed by atoms with E-state index in [1.54, 1.807) is 0 Å². The third kappa shape index (κ3) is 4.86. The lowest BCUT2D eigenvalue weighted by Crippen LogP contribution is -2.74. The molecule has 1 aromatic heterocycles. The number of halogens is 6. The quantitative estimate of drug-likeness (QED) is 0.368. The summed E-state index contributed by atoms with van der Waals surface area (Å²) in [4.78, 5) is 43.5. The van der Waals surface area contributed by atoms with Gasteiger partial charge in [0.05, 0.1) is 23.1 Å². The predicted octanol–water partition coefficient (Wildman–Crippen LogP) is 5.25. The van der Waals surface area contributed by atoms with Crippen LogP contribution in [0.5, 0.6) is 0 Å². The molecule has 0 saturated heterocycles. The smallest absolute Gasteiger partial charge is 0.416 e. The van der Waals surface area contributed by atoms with E-state index in [2.05, 4.69) is 10.3 Å². The van der Waals surface area contributed by atoms with Crippen molar-refractivity contribution in [2.75, 3.05) is 12.4 Å². The maximum Gasteiger partial charge on any atom is 0.416 e. The second-order valence-electron chi connectivity index (χ2n) is 9.49. The molecule has 1 N–H and O–H groups in total. The van der Waals surface area contributed by atoms with E-state index in [0.29, 0.717) is 0 Å². The van der Waals surface area contributed by atoms with Crippen molar-refractivity contribution in [3.05, 3.63) is 57.5 Å². The molecule has 3 fully saturated rings. The zero-order chi connectivity index (χ0) is 27.3. The first-order valence-electron chi connectivity index (χ1n) is 11.0. The Labute approximate surface area is 219 Å². The molecule has 5 rings (SSSR count). The van der Waals surface area contributed by atoms with Gasteiger partial charge in [0.1, 0.15) is 6.04 Å². The highest BCUT2D eigenvalue weighted by molar-refractivity contribution is 6.31. The number of alkyl halides is 3. The van der Waals surface area contributed by atoms with Gasteiger partial charge in [-0.2, -0.15) is 13.2 Å². The second-order valence-corrected chi connectivity index (χ2v) is 10.3. The zero-order valence-electron chi connectivity index (χ0n) is 19.6. The number of carbonyl (C=O) groups excluding carboxylic acids is 3. The number of hydrogen-bond donors (Lipinski definition) is 1. The topological polar surface area (TPSA) is 88.6 Å². The number of nitrogens with one attached hydrogen (secondary N) is 1. The summed E-state index contributed by atoms with van der Waals surface area (Å²) < 4.78 is 58.5. The summed E-state index contributed by atoms with van der Waals surface area (Å²) in [6.45, 7) is 0.898. The molecule has 2 aromatic rings. The van der Waals surface area contributed by atoms with Crippen molar-refractivity contribution >= 4 is 46.8 Å². The lowest BCUT2D eigenvalue weighted by atomic mass is 9.33. The molecular weight excluding hydrogens is 541 g/mol. The van der Waals surface area contributed by atoms with Crippen molar-refractivity contribution in [1.82, 2.24) is 9.88 Å². The summed E-state index contributed by atoms with van der Waals surface area (Å²) in [5, 5.41) is 2.15. The van der Waals surface area contributed by atoms with Crippen LogP contribution in [-0.4, -0.2) is 40.8 Å². The number of aromatic nitrogens is 1. The number of methoxy groups -OCH3 is 1. The Hall–Kier alpha value is -2.92. The molecule has 0 aliphatic heterocycles. The fraction of sp³-hybridized carbons (Fsp3) is 0.417. The van der Waals surface area contributed by atoms with Gasteiger partial charge < -0.3 is 15.0 Å². The minimum Gasteiger partial charge on any atom is -0.469 e. The summed E-state index contributed by atoms with van der Waals surface area (Å²) in [5.74, 6) is -3.09. The normalized spacial score (nSPS) is 22.8. The van der Waals surface area contributed by atoms with Crippen LogP contribution in [0.25, 0.3) is 0 Å². The number of amides is 2. The van der Waals surface area contributed by atoms with Crippen molar-refractivity contribution in [3.63, 3.8) is 0 Å². The van der Waals surface area contributed by atoms with Crippen LogP contribution in [0.1, 0.15) is 37.3 Å². The molecule has 2 amide bonds. The fourth-order valence-electron chi connectivity index (χ4n) is 5.45. The Balaban J connectivity index is 1.67. The molecular formula is C24H21Cl2F4N3O4. The van der Waals surface area contributed by atoms with Crippen molar-refractivity contribution < 1.29 is 36.7 Å². The predicted molar refractivity (Wildman–Crippen MR) is 125 cm³/mol. The lowest BCUT2D eigenvalue weighted by Gasteiger charge is -2.71. The molecule has 3 aliphatic rings. The second kappa shape index (κ2) is 9.43. The molecule has 3 aliphatic carbocycles. The highest BCUT2D eigenvalue weighted by Crippen LogP contribution is 2.75. The van der Waals surface area contributed by atoms with Gasteiger partial charge in [-0.15, -0.1) is 0 Å². The van der Waals surface area contributed by atoms with Gasteiger partial charge in [-0.1, -0.05) is 29.3 Å². The maximum absolute atomic E-state index is 14.4. The molecule has 198 valence electrons. The van der Waals surface area contributed by atoms with Gasteiger partial charge in [0, 0.05) is 30.1 Å². The van der Waals surface area contributed by atoms with E-state index in [9.17, 15) is 31.9 Å². The minimum absolute atomic E-state index is 0.00815. The number of carbonyl (C=O) groups is 3. The Morgan fingerprint density at radius 1 is 1.19 bits per heavy atom. The van der Waals surface area contributed by atoms with Gasteiger partial charge in [-0.25, -0.2) is 9.37 Å². The first-order valence-corrected chi connectivity index (χ1v) is 11.8. The van der Waals surface area contributed by atoms with Crippen LogP contribution < -0.4 is 5.32 Å². The van der Waals surface area contributed by atoms with Gasteiger partial charge in [0.2, 0.25) is 11.8 Å². The van der Waals surface area contributed by atoms with E-state index in [-0.39, 0.29) is 41.4 Å². The van der Waals surface area contributed by atoms with Crippen LogP contribution in [-0.2, 0) is 31.8 Å². The van der Waals surface area contributed by atoms with E-state index < -0.39 is 58.0 Å². The number of pyridine rings is 1. The van der Waals surface area contributed by atoms with Gasteiger partial charge >= 0.3 is 12.1 Å². The number of benzene rings is 1. The molecule has 0 spiro atoms. The lowest BCUT2D eigenvalue weighted by molar-refractivity contribution is -0.244. The SMILES string of the molecule is COC(=O)C12CC(C(C(=O)Nc3ncc(Cl)cc3F)N(Cc3ccc(C(F)(F)F)cc3Cl)C(C)=O)(C1)C2. The molecule has 37 heavy (non-hydrogen) atoms. The first kappa shape index (κ1) is 27.1. The molecule has 3 saturated carbocycles. The van der Waals surface area contributed by atoms with Crippen molar-refractivity contribution in [3.8, 4) is 0 Å². The first-order chi connectivity index (χ1) is 17.2. The van der Waals surface area contributed by atoms with E-state index in [1.807, 2.05) is 0 Å². The van der Waals surface area contributed by atoms with Crippen molar-refractivity contribution in [2.24, 2.45) is 10.8 Å². The number of anilines is 1. The molecule has 1 aromatic carbocycles. The molecule has 0 radical (unpaired) electrons. The summed E-state index contributed by atoms with van der Waals surface area (Å²) in [5.41, 5.74) is -2.39. The number of rotatable bonds is 7. The standard InChI is InChI=1S/C24H21Cl2F4N3O4/c1-12(34)33(8-13-3-4-14(5-16(13)26)24(28,29)30)18(22-9-23(10-22,11-22)21(36)37-2)20(35)32-19-17(27)6-15(25)7-31-19/h3-7,18H,8-11H2,1-2H3,(H,31,32,35). The molecule has 1 heterocycles. The minimum atomic E-state index is -4.62. The van der Waals surface area contributed by atoms with Crippen LogP contribution in [0, 0.1) is 16.6 Å². The van der Waals surface area contributed by atoms with E-state index in [4.69, 9.17) is 27.9 Å². The molecule has 1 unspecified atom stereocenters. The van der Waals surface area contributed by atoms with E-state index >= 15 is 0 Å². The molecule has 2 bridgehead atoms. The van der Waals surface area contributed by atoms with Crippen molar-refractivity contribution in [2.45, 2.75) is 44.9 Å². The van der Waals surface area contributed by atoms with Crippen LogP contribution in [0.15, 0.2) is 30.5 Å². The number of ether oxygens (including phenoxy) is 1. The number of nitrogens with zero attached hydrogens (tertiary/aromatic N) is 2. The van der Waals surface area contributed by atoms with Gasteiger partial charge in [0.25, 0.3) is 0 Å². The Morgan fingerprint density at radius 2 is 1.84 bits per heavy atom.